The highest BCUT2D eigenvalue weighted by molar-refractivity contribution is 7.13. The fourth-order valence-electron chi connectivity index (χ4n) is 1.97. The van der Waals surface area contributed by atoms with Gasteiger partial charge in [0.05, 0.1) is 12.7 Å². The van der Waals surface area contributed by atoms with Crippen LogP contribution in [0, 0.1) is 5.82 Å². The number of nitrogen functional groups attached to an aromatic ring is 1. The zero-order valence-corrected chi connectivity index (χ0v) is 11.4. The number of nitrogens with two attached hydrogens (primary N) is 1. The Kier molecular flexibility index (Phi) is 3.15. The predicted octanol–water partition coefficient (Wildman–Crippen LogP) is 3.80. The summed E-state index contributed by atoms with van der Waals surface area (Å²) in [7, 11) is 1.42. The van der Waals surface area contributed by atoms with E-state index in [1.807, 2.05) is 17.5 Å². The van der Waals surface area contributed by atoms with Crippen LogP contribution < -0.4 is 10.5 Å². The van der Waals surface area contributed by atoms with Gasteiger partial charge < -0.3 is 15.0 Å². The summed E-state index contributed by atoms with van der Waals surface area (Å²) in [6, 6.07) is 8.41. The van der Waals surface area contributed by atoms with E-state index in [0.717, 1.165) is 4.88 Å². The van der Waals surface area contributed by atoms with Gasteiger partial charge in [0, 0.05) is 10.4 Å². The molecule has 0 saturated carbocycles. The Morgan fingerprint density at radius 1 is 1.35 bits per heavy atom. The van der Waals surface area contributed by atoms with E-state index in [2.05, 4.69) is 5.16 Å². The molecule has 0 aliphatic heterocycles. The van der Waals surface area contributed by atoms with Gasteiger partial charge in [-0.3, -0.25) is 0 Å². The van der Waals surface area contributed by atoms with Crippen LogP contribution in [0.2, 0.25) is 0 Å². The highest BCUT2D eigenvalue weighted by Crippen LogP contribution is 2.39. The molecule has 0 amide bonds. The summed E-state index contributed by atoms with van der Waals surface area (Å²) in [5.41, 5.74) is 7.10. The van der Waals surface area contributed by atoms with Crippen molar-refractivity contribution in [2.24, 2.45) is 0 Å². The van der Waals surface area contributed by atoms with Crippen LogP contribution in [0.15, 0.2) is 40.2 Å². The van der Waals surface area contributed by atoms with E-state index in [-0.39, 0.29) is 5.75 Å². The number of benzene rings is 1. The maximum absolute atomic E-state index is 13.8. The summed E-state index contributed by atoms with van der Waals surface area (Å²) >= 11 is 1.52. The monoisotopic (exact) mass is 290 g/mol. The number of aromatic nitrogens is 1. The van der Waals surface area contributed by atoms with Crippen LogP contribution in [-0.2, 0) is 0 Å². The van der Waals surface area contributed by atoms with Gasteiger partial charge in [0.2, 0.25) is 0 Å². The molecule has 20 heavy (non-hydrogen) atoms. The van der Waals surface area contributed by atoms with Crippen LogP contribution in [-0.4, -0.2) is 12.3 Å². The second-order valence-corrected chi connectivity index (χ2v) is 5.05. The maximum atomic E-state index is 13.8. The van der Waals surface area contributed by atoms with E-state index >= 15 is 0 Å². The van der Waals surface area contributed by atoms with Gasteiger partial charge in [0.1, 0.15) is 0 Å². The van der Waals surface area contributed by atoms with Crippen molar-refractivity contribution in [1.29, 1.82) is 0 Å². The Hall–Kier alpha value is -2.34. The van der Waals surface area contributed by atoms with E-state index in [0.29, 0.717) is 22.7 Å². The molecule has 2 aromatic heterocycles. The highest BCUT2D eigenvalue weighted by atomic mass is 32.1. The van der Waals surface area contributed by atoms with Gasteiger partial charge >= 0.3 is 0 Å². The molecule has 1 aromatic carbocycles. The summed E-state index contributed by atoms with van der Waals surface area (Å²) in [4.78, 5) is 0.926. The second-order valence-electron chi connectivity index (χ2n) is 4.10. The fraction of sp³-hybridized carbons (Fsp3) is 0.0714. The average molecular weight is 290 g/mol. The quantitative estimate of drug-likeness (QED) is 0.797. The number of nitrogens with zero attached hydrogens (tertiary/aromatic N) is 1. The molecule has 0 bridgehead atoms. The number of thiophene rings is 1. The summed E-state index contributed by atoms with van der Waals surface area (Å²) in [5.74, 6) is 0.459. The van der Waals surface area contributed by atoms with Crippen molar-refractivity contribution in [1.82, 2.24) is 5.16 Å². The third-order valence-corrected chi connectivity index (χ3v) is 3.79. The first-order valence-corrected chi connectivity index (χ1v) is 6.71. The van der Waals surface area contributed by atoms with Gasteiger partial charge in [-0.05, 0) is 29.6 Å². The molecule has 0 unspecified atom stereocenters. The summed E-state index contributed by atoms with van der Waals surface area (Å²) in [6.45, 7) is 0. The second kappa shape index (κ2) is 4.97. The molecule has 0 radical (unpaired) electrons. The maximum Gasteiger partial charge on any atom is 0.177 e. The average Bonchev–Trinajstić information content (AvgIpc) is 3.07. The minimum atomic E-state index is -0.461. The molecular weight excluding hydrogens is 279 g/mol. The van der Waals surface area contributed by atoms with Gasteiger partial charge in [-0.15, -0.1) is 11.3 Å². The van der Waals surface area contributed by atoms with E-state index in [4.69, 9.17) is 15.0 Å². The smallest absolute Gasteiger partial charge is 0.177 e. The molecule has 0 fully saturated rings. The van der Waals surface area contributed by atoms with Gasteiger partial charge in [-0.2, -0.15) is 0 Å². The van der Waals surface area contributed by atoms with E-state index in [1.165, 1.54) is 24.5 Å². The number of hydrogen-bond acceptors (Lipinski definition) is 5. The lowest BCUT2D eigenvalue weighted by Gasteiger charge is -2.04. The van der Waals surface area contributed by atoms with Crippen molar-refractivity contribution in [3.8, 4) is 27.5 Å². The molecule has 3 aromatic rings. The Bertz CT molecular complexity index is 738. The first-order valence-electron chi connectivity index (χ1n) is 5.83. The van der Waals surface area contributed by atoms with Crippen molar-refractivity contribution >= 4 is 17.2 Å². The number of anilines is 1. The third kappa shape index (κ3) is 2.04. The van der Waals surface area contributed by atoms with Gasteiger partial charge in [0.25, 0.3) is 0 Å². The minimum Gasteiger partial charge on any atom is -0.494 e. The summed E-state index contributed by atoms with van der Waals surface area (Å²) in [6.07, 6.45) is 0. The van der Waals surface area contributed by atoms with Crippen molar-refractivity contribution in [3.05, 3.63) is 41.5 Å². The Labute approximate surface area is 118 Å². The lowest BCUT2D eigenvalue weighted by Crippen LogP contribution is -1.89. The molecule has 0 saturated heterocycles. The molecule has 0 spiro atoms. The van der Waals surface area contributed by atoms with Crippen molar-refractivity contribution in [2.75, 3.05) is 12.8 Å². The molecule has 2 heterocycles. The molecule has 102 valence electrons. The van der Waals surface area contributed by atoms with Crippen LogP contribution in [0.25, 0.3) is 21.8 Å². The molecule has 0 aliphatic rings. The zero-order valence-electron chi connectivity index (χ0n) is 10.6. The molecule has 2 N–H and O–H groups in total. The Balaban J connectivity index is 2.14. The van der Waals surface area contributed by atoms with E-state index < -0.39 is 5.82 Å². The SMILES string of the molecule is COc1ccc(-c2onc(N)c2-c2cccs2)cc1F. The van der Waals surface area contributed by atoms with Gasteiger partial charge in [-0.1, -0.05) is 11.2 Å². The van der Waals surface area contributed by atoms with Gasteiger partial charge in [0.15, 0.2) is 23.1 Å². The fourth-order valence-corrected chi connectivity index (χ4v) is 2.74. The summed E-state index contributed by atoms with van der Waals surface area (Å²) in [5, 5.41) is 5.71. The highest BCUT2D eigenvalue weighted by Gasteiger charge is 2.19. The topological polar surface area (TPSA) is 61.3 Å². The molecule has 0 aliphatic carbocycles. The lowest BCUT2D eigenvalue weighted by molar-refractivity contribution is 0.386. The van der Waals surface area contributed by atoms with E-state index in [9.17, 15) is 4.39 Å². The Morgan fingerprint density at radius 3 is 2.85 bits per heavy atom. The van der Waals surface area contributed by atoms with Gasteiger partial charge in [-0.25, -0.2) is 4.39 Å². The van der Waals surface area contributed by atoms with Crippen LogP contribution in [0.1, 0.15) is 0 Å². The van der Waals surface area contributed by atoms with Crippen LogP contribution in [0.4, 0.5) is 10.2 Å². The first-order chi connectivity index (χ1) is 9.70. The van der Waals surface area contributed by atoms with Crippen LogP contribution in [0.3, 0.4) is 0 Å². The molecule has 6 heteroatoms. The molecule has 4 nitrogen and oxygen atoms in total. The standard InChI is InChI=1S/C14H11FN2O2S/c1-18-10-5-4-8(7-9(10)15)13-12(14(16)17-19-13)11-3-2-6-20-11/h2-7H,1H3,(H2,16,17). The number of halogens is 1. The largest absolute Gasteiger partial charge is 0.494 e. The summed E-state index contributed by atoms with van der Waals surface area (Å²) < 4.78 is 24.0. The molecule has 0 atom stereocenters. The molecule has 3 rings (SSSR count). The number of ether oxygens (including phenoxy) is 1. The van der Waals surface area contributed by atoms with Crippen molar-refractivity contribution in [3.63, 3.8) is 0 Å². The van der Waals surface area contributed by atoms with Crippen molar-refractivity contribution in [2.45, 2.75) is 0 Å². The number of methoxy groups -OCH3 is 1. The molecular formula is C14H11FN2O2S. The zero-order chi connectivity index (χ0) is 14.1. The first kappa shape index (κ1) is 12.7. The van der Waals surface area contributed by atoms with E-state index in [1.54, 1.807) is 12.1 Å². The normalized spacial score (nSPS) is 10.7. The van der Waals surface area contributed by atoms with Crippen molar-refractivity contribution < 1.29 is 13.7 Å². The third-order valence-electron chi connectivity index (χ3n) is 2.90. The minimum absolute atomic E-state index is 0.180. The predicted molar refractivity (Wildman–Crippen MR) is 76.2 cm³/mol. The van der Waals surface area contributed by atoms with Crippen LogP contribution >= 0.6 is 11.3 Å². The Morgan fingerprint density at radius 2 is 2.20 bits per heavy atom. The number of rotatable bonds is 3. The van der Waals surface area contributed by atoms with Crippen LogP contribution in [0.5, 0.6) is 5.75 Å². The number of hydrogen-bond donors (Lipinski definition) is 1. The lowest BCUT2D eigenvalue weighted by atomic mass is 10.1.